The van der Waals surface area contributed by atoms with E-state index in [9.17, 15) is 4.79 Å². The molecule has 0 amide bonds. The zero-order chi connectivity index (χ0) is 13.1. The van der Waals surface area contributed by atoms with Gasteiger partial charge in [0.15, 0.2) is 0 Å². The van der Waals surface area contributed by atoms with Crippen LogP contribution in [-0.4, -0.2) is 36.9 Å². The Bertz CT molecular complexity index is 197. The average molecular weight is 245 g/mol. The van der Waals surface area contributed by atoms with Gasteiger partial charge in [-0.25, -0.2) is 0 Å². The van der Waals surface area contributed by atoms with E-state index in [0.29, 0.717) is 19.1 Å². The first-order valence-corrected chi connectivity index (χ1v) is 6.61. The Balaban J connectivity index is 3.32. The second-order valence-electron chi connectivity index (χ2n) is 4.52. The maximum atomic E-state index is 11.0. The molecule has 102 valence electrons. The molecule has 0 aromatic carbocycles. The van der Waals surface area contributed by atoms with Crippen molar-refractivity contribution in [2.24, 2.45) is 5.92 Å². The Morgan fingerprint density at radius 3 is 2.59 bits per heavy atom. The lowest BCUT2D eigenvalue weighted by molar-refractivity contribution is -0.143. The molecular weight excluding hydrogens is 218 g/mol. The molecule has 0 radical (unpaired) electrons. The molecule has 4 nitrogen and oxygen atoms in total. The number of carbonyl (C=O) groups is 1. The highest BCUT2D eigenvalue weighted by atomic mass is 16.5. The lowest BCUT2D eigenvalue weighted by atomic mass is 10.1. The summed E-state index contributed by atoms with van der Waals surface area (Å²) in [5.74, 6) is 0.192. The van der Waals surface area contributed by atoms with Gasteiger partial charge in [0, 0.05) is 19.1 Å². The molecule has 2 atom stereocenters. The summed E-state index contributed by atoms with van der Waals surface area (Å²) >= 11 is 0. The SMILES string of the molecule is CCOC(=O)CCCCCNC(C)C(C)CO. The van der Waals surface area contributed by atoms with Crippen molar-refractivity contribution in [2.45, 2.75) is 52.5 Å². The normalized spacial score (nSPS) is 14.4. The first-order valence-electron chi connectivity index (χ1n) is 6.61. The Morgan fingerprint density at radius 1 is 1.29 bits per heavy atom. The predicted octanol–water partition coefficient (Wildman–Crippen LogP) is 1.72. The van der Waals surface area contributed by atoms with Crippen LogP contribution >= 0.6 is 0 Å². The summed E-state index contributed by atoms with van der Waals surface area (Å²) in [5, 5.41) is 12.3. The molecule has 0 aliphatic heterocycles. The number of carbonyl (C=O) groups excluding carboxylic acids is 1. The van der Waals surface area contributed by atoms with Crippen LogP contribution in [-0.2, 0) is 9.53 Å². The summed E-state index contributed by atoms with van der Waals surface area (Å²) in [6, 6.07) is 0.338. The van der Waals surface area contributed by atoms with Crippen molar-refractivity contribution >= 4 is 5.97 Å². The lowest BCUT2D eigenvalue weighted by Crippen LogP contribution is -2.34. The number of unbranched alkanes of at least 4 members (excludes halogenated alkanes) is 2. The predicted molar refractivity (Wildman–Crippen MR) is 68.8 cm³/mol. The summed E-state index contributed by atoms with van der Waals surface area (Å²) < 4.78 is 4.85. The van der Waals surface area contributed by atoms with Gasteiger partial charge >= 0.3 is 5.97 Å². The minimum atomic E-state index is -0.0947. The van der Waals surface area contributed by atoms with Crippen LogP contribution < -0.4 is 5.32 Å². The maximum absolute atomic E-state index is 11.0. The van der Waals surface area contributed by atoms with Gasteiger partial charge in [0.2, 0.25) is 0 Å². The molecule has 2 N–H and O–H groups in total. The van der Waals surface area contributed by atoms with E-state index in [2.05, 4.69) is 12.2 Å². The fourth-order valence-electron chi connectivity index (χ4n) is 1.49. The van der Waals surface area contributed by atoms with Gasteiger partial charge in [0.25, 0.3) is 0 Å². The molecule has 0 rings (SSSR count). The van der Waals surface area contributed by atoms with Crippen LogP contribution in [0.1, 0.15) is 46.5 Å². The first kappa shape index (κ1) is 16.4. The van der Waals surface area contributed by atoms with E-state index in [4.69, 9.17) is 9.84 Å². The van der Waals surface area contributed by atoms with E-state index in [0.717, 1.165) is 25.8 Å². The number of hydrogen-bond donors (Lipinski definition) is 2. The van der Waals surface area contributed by atoms with Gasteiger partial charge in [-0.15, -0.1) is 0 Å². The topological polar surface area (TPSA) is 58.6 Å². The number of aliphatic hydroxyl groups excluding tert-OH is 1. The van der Waals surface area contributed by atoms with E-state index in [-0.39, 0.29) is 18.5 Å². The second kappa shape index (κ2) is 10.5. The summed E-state index contributed by atoms with van der Waals surface area (Å²) in [5.41, 5.74) is 0. The molecule has 0 aliphatic rings. The van der Waals surface area contributed by atoms with Crippen molar-refractivity contribution in [3.8, 4) is 0 Å². The Hall–Kier alpha value is -0.610. The molecule has 0 aliphatic carbocycles. The Morgan fingerprint density at radius 2 is 2.00 bits per heavy atom. The Labute approximate surface area is 105 Å². The summed E-state index contributed by atoms with van der Waals surface area (Å²) in [7, 11) is 0. The fraction of sp³-hybridized carbons (Fsp3) is 0.923. The van der Waals surface area contributed by atoms with Crippen LogP contribution in [0.15, 0.2) is 0 Å². The van der Waals surface area contributed by atoms with Gasteiger partial charge < -0.3 is 15.2 Å². The maximum Gasteiger partial charge on any atom is 0.305 e. The van der Waals surface area contributed by atoms with Gasteiger partial charge in [-0.1, -0.05) is 13.3 Å². The summed E-state index contributed by atoms with van der Waals surface area (Å²) in [6.45, 7) is 7.56. The number of esters is 1. The molecule has 0 bridgehead atoms. The van der Waals surface area contributed by atoms with Crippen LogP contribution in [0.3, 0.4) is 0 Å². The van der Waals surface area contributed by atoms with E-state index < -0.39 is 0 Å². The van der Waals surface area contributed by atoms with Crippen molar-refractivity contribution in [3.63, 3.8) is 0 Å². The highest BCUT2D eigenvalue weighted by molar-refractivity contribution is 5.69. The van der Waals surface area contributed by atoms with Gasteiger partial charge in [0.1, 0.15) is 0 Å². The highest BCUT2D eigenvalue weighted by Gasteiger charge is 2.09. The third kappa shape index (κ3) is 9.12. The third-order valence-electron chi connectivity index (χ3n) is 2.97. The van der Waals surface area contributed by atoms with Crippen LogP contribution in [0.25, 0.3) is 0 Å². The number of rotatable bonds is 10. The molecule has 4 heteroatoms. The molecule has 0 aromatic rings. The van der Waals surface area contributed by atoms with Crippen molar-refractivity contribution in [1.82, 2.24) is 5.32 Å². The largest absolute Gasteiger partial charge is 0.466 e. The van der Waals surface area contributed by atoms with Crippen LogP contribution in [0, 0.1) is 5.92 Å². The zero-order valence-electron chi connectivity index (χ0n) is 11.4. The molecule has 0 saturated heterocycles. The molecule has 0 heterocycles. The molecule has 0 saturated carbocycles. The van der Waals surface area contributed by atoms with E-state index in [1.54, 1.807) is 0 Å². The first-order chi connectivity index (χ1) is 8.11. The average Bonchev–Trinajstić information content (AvgIpc) is 2.32. The number of aliphatic hydroxyl groups is 1. The van der Waals surface area contributed by atoms with Crippen LogP contribution in [0.2, 0.25) is 0 Å². The third-order valence-corrected chi connectivity index (χ3v) is 2.97. The van der Waals surface area contributed by atoms with Crippen molar-refractivity contribution < 1.29 is 14.6 Å². The molecule has 0 spiro atoms. The van der Waals surface area contributed by atoms with Crippen molar-refractivity contribution in [2.75, 3.05) is 19.8 Å². The van der Waals surface area contributed by atoms with Gasteiger partial charge in [-0.05, 0) is 39.2 Å². The van der Waals surface area contributed by atoms with Crippen molar-refractivity contribution in [3.05, 3.63) is 0 Å². The minimum Gasteiger partial charge on any atom is -0.466 e. The number of hydrogen-bond acceptors (Lipinski definition) is 4. The zero-order valence-corrected chi connectivity index (χ0v) is 11.4. The number of nitrogens with one attached hydrogen (secondary N) is 1. The van der Waals surface area contributed by atoms with E-state index in [1.807, 2.05) is 13.8 Å². The van der Waals surface area contributed by atoms with Gasteiger partial charge in [-0.2, -0.15) is 0 Å². The fourth-order valence-corrected chi connectivity index (χ4v) is 1.49. The minimum absolute atomic E-state index is 0.0947. The second-order valence-corrected chi connectivity index (χ2v) is 4.52. The highest BCUT2D eigenvalue weighted by Crippen LogP contribution is 2.03. The monoisotopic (exact) mass is 245 g/mol. The molecule has 0 aromatic heterocycles. The molecular formula is C13H27NO3. The van der Waals surface area contributed by atoms with Crippen LogP contribution in [0.4, 0.5) is 0 Å². The van der Waals surface area contributed by atoms with Crippen molar-refractivity contribution in [1.29, 1.82) is 0 Å². The van der Waals surface area contributed by atoms with Gasteiger partial charge in [-0.3, -0.25) is 4.79 Å². The Kier molecular flexibility index (Phi) is 10.2. The van der Waals surface area contributed by atoms with Gasteiger partial charge in [0.05, 0.1) is 6.61 Å². The summed E-state index contributed by atoms with van der Waals surface area (Å²) in [6.07, 6.45) is 3.51. The summed E-state index contributed by atoms with van der Waals surface area (Å²) in [4.78, 5) is 11.0. The molecule has 17 heavy (non-hydrogen) atoms. The van der Waals surface area contributed by atoms with E-state index in [1.165, 1.54) is 0 Å². The standard InChI is InChI=1S/C13H27NO3/c1-4-17-13(16)8-6-5-7-9-14-12(3)11(2)10-15/h11-12,14-15H,4-10H2,1-3H3. The van der Waals surface area contributed by atoms with Crippen LogP contribution in [0.5, 0.6) is 0 Å². The molecule has 0 fully saturated rings. The lowest BCUT2D eigenvalue weighted by Gasteiger charge is -2.19. The van der Waals surface area contributed by atoms with E-state index >= 15 is 0 Å². The quantitative estimate of drug-likeness (QED) is 0.454. The number of ether oxygens (including phenoxy) is 1. The smallest absolute Gasteiger partial charge is 0.305 e. The molecule has 2 unspecified atom stereocenters.